The average molecular weight is 378 g/mol. The number of nitrogens with zero attached hydrogens (tertiary/aromatic N) is 2. The maximum atomic E-state index is 12.0. The van der Waals surface area contributed by atoms with Crippen LogP contribution in [-0.2, 0) is 16.1 Å². The van der Waals surface area contributed by atoms with Gasteiger partial charge in [0.25, 0.3) is 0 Å². The van der Waals surface area contributed by atoms with Crippen LogP contribution in [0.2, 0.25) is 0 Å². The van der Waals surface area contributed by atoms with Gasteiger partial charge >= 0.3 is 12.1 Å². The number of benzene rings is 1. The summed E-state index contributed by atoms with van der Waals surface area (Å²) in [6.45, 7) is 4.93. The van der Waals surface area contributed by atoms with Gasteiger partial charge in [0.1, 0.15) is 6.61 Å². The molecule has 0 fully saturated rings. The Labute approximate surface area is 160 Å². The molecule has 1 aromatic rings. The highest BCUT2D eigenvalue weighted by Gasteiger charge is 2.12. The largest absolute Gasteiger partial charge is 0.445 e. The molecule has 0 atom stereocenters. The number of carbonyl (C=O) groups is 3. The lowest BCUT2D eigenvalue weighted by Gasteiger charge is -2.20. The minimum atomic E-state index is -0.548. The lowest BCUT2D eigenvalue weighted by atomic mass is 10.1. The molecule has 8 heteroatoms. The average Bonchev–Trinajstić information content (AvgIpc) is 2.63. The van der Waals surface area contributed by atoms with Gasteiger partial charge in [-0.2, -0.15) is 0 Å². The quantitative estimate of drug-likeness (QED) is 0.689. The van der Waals surface area contributed by atoms with Crippen molar-refractivity contribution in [2.24, 2.45) is 11.7 Å². The van der Waals surface area contributed by atoms with Gasteiger partial charge in [0.05, 0.1) is 0 Å². The third-order valence-corrected chi connectivity index (χ3v) is 4.01. The van der Waals surface area contributed by atoms with Gasteiger partial charge in [-0.05, 0) is 30.0 Å². The number of rotatable bonds is 9. The number of hydrogen-bond donors (Lipinski definition) is 2. The first-order chi connectivity index (χ1) is 12.7. The highest BCUT2D eigenvalue weighted by atomic mass is 16.6. The van der Waals surface area contributed by atoms with Gasteiger partial charge in [0.2, 0.25) is 5.91 Å². The number of amides is 4. The van der Waals surface area contributed by atoms with Gasteiger partial charge in [0.15, 0.2) is 0 Å². The van der Waals surface area contributed by atoms with Crippen LogP contribution in [0.5, 0.6) is 0 Å². The molecule has 3 N–H and O–H groups in total. The Hall–Kier alpha value is -2.77. The second kappa shape index (κ2) is 11.1. The predicted octanol–water partition coefficient (Wildman–Crippen LogP) is 2.64. The molecule has 0 aromatic heterocycles. The lowest BCUT2D eigenvalue weighted by Crippen LogP contribution is -2.39. The number of primary amides is 1. The van der Waals surface area contributed by atoms with E-state index in [9.17, 15) is 14.4 Å². The summed E-state index contributed by atoms with van der Waals surface area (Å²) in [5.74, 6) is 0.479. The maximum absolute atomic E-state index is 12.0. The number of hydrogen-bond acceptors (Lipinski definition) is 4. The van der Waals surface area contributed by atoms with Gasteiger partial charge in [-0.25, -0.2) is 9.59 Å². The molecular weight excluding hydrogens is 348 g/mol. The van der Waals surface area contributed by atoms with Crippen LogP contribution in [0.1, 0.15) is 32.3 Å². The molecule has 0 saturated carbocycles. The van der Waals surface area contributed by atoms with Crippen LogP contribution in [0.4, 0.5) is 15.3 Å². The maximum Gasteiger partial charge on any atom is 0.409 e. The lowest BCUT2D eigenvalue weighted by molar-refractivity contribution is -0.116. The minimum absolute atomic E-state index is 0.00886. The number of ether oxygens (including phenoxy) is 1. The molecular formula is C19H30N4O4. The molecule has 8 nitrogen and oxygen atoms in total. The van der Waals surface area contributed by atoms with Crippen LogP contribution in [0.25, 0.3) is 0 Å². The first-order valence-corrected chi connectivity index (χ1v) is 8.96. The van der Waals surface area contributed by atoms with Crippen LogP contribution in [0, 0.1) is 5.92 Å². The number of nitrogens with one attached hydrogen (secondary N) is 1. The van der Waals surface area contributed by atoms with Crippen LogP contribution in [0.3, 0.4) is 0 Å². The third-order valence-electron chi connectivity index (χ3n) is 4.01. The zero-order chi connectivity index (χ0) is 20.4. The first kappa shape index (κ1) is 22.3. The van der Waals surface area contributed by atoms with E-state index < -0.39 is 12.1 Å². The van der Waals surface area contributed by atoms with Crippen molar-refractivity contribution in [1.29, 1.82) is 0 Å². The molecule has 0 aliphatic rings. The molecule has 0 unspecified atom stereocenters. The number of nitrogens with two attached hydrogens (primary N) is 1. The molecule has 150 valence electrons. The number of urea groups is 1. The van der Waals surface area contributed by atoms with E-state index in [2.05, 4.69) is 19.2 Å². The van der Waals surface area contributed by atoms with E-state index in [1.807, 2.05) is 0 Å². The summed E-state index contributed by atoms with van der Waals surface area (Å²) in [5, 5.41) is 2.85. The Morgan fingerprint density at radius 2 is 1.67 bits per heavy atom. The second-order valence-corrected chi connectivity index (χ2v) is 6.91. The highest BCUT2D eigenvalue weighted by molar-refractivity contribution is 5.90. The Balaban J connectivity index is 2.39. The monoisotopic (exact) mass is 378 g/mol. The summed E-state index contributed by atoms with van der Waals surface area (Å²) in [7, 11) is 3.15. The van der Waals surface area contributed by atoms with E-state index in [1.165, 1.54) is 9.80 Å². The van der Waals surface area contributed by atoms with E-state index in [0.29, 0.717) is 31.1 Å². The standard InChI is InChI=1S/C19H30N4O4/c1-14(2)5-10-17(24)21-16-8-6-15(7-9-16)13-27-19(26)23(4)12-11-22(3)18(20)25/h6-9,14H,5,10-13H2,1-4H3,(H2,20,25)(H,21,24). The molecule has 0 aliphatic heterocycles. The SMILES string of the molecule is CC(C)CCC(=O)Nc1ccc(COC(=O)N(C)CCN(C)C(N)=O)cc1. The number of anilines is 1. The zero-order valence-corrected chi connectivity index (χ0v) is 16.5. The van der Waals surface area contributed by atoms with Crippen molar-refractivity contribution in [2.75, 3.05) is 32.5 Å². The summed E-state index contributed by atoms with van der Waals surface area (Å²) in [6, 6.07) is 6.61. The van der Waals surface area contributed by atoms with E-state index in [1.54, 1.807) is 38.4 Å². The fourth-order valence-electron chi connectivity index (χ4n) is 2.08. The van der Waals surface area contributed by atoms with E-state index in [-0.39, 0.29) is 12.5 Å². The fourth-order valence-corrected chi connectivity index (χ4v) is 2.08. The molecule has 27 heavy (non-hydrogen) atoms. The predicted molar refractivity (Wildman–Crippen MR) is 104 cm³/mol. The summed E-state index contributed by atoms with van der Waals surface area (Å²) in [4.78, 5) is 37.4. The number of carbonyl (C=O) groups excluding carboxylic acids is 3. The number of likely N-dealkylation sites (N-methyl/N-ethyl adjacent to an activating group) is 2. The van der Waals surface area contributed by atoms with Crippen molar-refractivity contribution in [2.45, 2.75) is 33.3 Å². The smallest absolute Gasteiger partial charge is 0.409 e. The Morgan fingerprint density at radius 3 is 2.22 bits per heavy atom. The molecule has 0 bridgehead atoms. The summed E-state index contributed by atoms with van der Waals surface area (Å²) in [6.07, 6.45) is 0.857. The fraction of sp³-hybridized carbons (Fsp3) is 0.526. The van der Waals surface area contributed by atoms with Gasteiger partial charge in [-0.3, -0.25) is 4.79 Å². The van der Waals surface area contributed by atoms with Crippen molar-refractivity contribution >= 4 is 23.7 Å². The van der Waals surface area contributed by atoms with Crippen LogP contribution < -0.4 is 11.1 Å². The molecule has 0 radical (unpaired) electrons. The zero-order valence-electron chi connectivity index (χ0n) is 16.5. The van der Waals surface area contributed by atoms with Crippen molar-refractivity contribution in [3.63, 3.8) is 0 Å². The Kier molecular flexibility index (Phi) is 9.12. The topological polar surface area (TPSA) is 105 Å². The van der Waals surface area contributed by atoms with Crippen LogP contribution in [0.15, 0.2) is 24.3 Å². The van der Waals surface area contributed by atoms with Gasteiger partial charge in [0, 0.05) is 39.3 Å². The van der Waals surface area contributed by atoms with Crippen molar-refractivity contribution < 1.29 is 19.1 Å². The first-order valence-electron chi connectivity index (χ1n) is 8.96. The summed E-state index contributed by atoms with van der Waals surface area (Å²) in [5.41, 5.74) is 6.66. The molecule has 1 aromatic carbocycles. The molecule has 0 saturated heterocycles. The molecule has 0 spiro atoms. The second-order valence-electron chi connectivity index (χ2n) is 6.91. The van der Waals surface area contributed by atoms with Gasteiger partial charge in [-0.1, -0.05) is 26.0 Å². The van der Waals surface area contributed by atoms with E-state index >= 15 is 0 Å². The van der Waals surface area contributed by atoms with E-state index in [0.717, 1.165) is 12.0 Å². The van der Waals surface area contributed by atoms with Crippen LogP contribution >= 0.6 is 0 Å². The van der Waals surface area contributed by atoms with Crippen LogP contribution in [-0.4, -0.2) is 55.0 Å². The highest BCUT2D eigenvalue weighted by Crippen LogP contribution is 2.12. The minimum Gasteiger partial charge on any atom is -0.445 e. The van der Waals surface area contributed by atoms with Gasteiger partial charge < -0.3 is 25.6 Å². The third kappa shape index (κ3) is 8.94. The molecule has 0 aliphatic carbocycles. The normalized spacial score (nSPS) is 10.4. The van der Waals surface area contributed by atoms with E-state index in [4.69, 9.17) is 10.5 Å². The Bertz CT molecular complexity index is 631. The van der Waals surface area contributed by atoms with Gasteiger partial charge in [-0.15, -0.1) is 0 Å². The molecule has 1 rings (SSSR count). The molecule has 4 amide bonds. The van der Waals surface area contributed by atoms with Crippen molar-refractivity contribution in [1.82, 2.24) is 9.80 Å². The van der Waals surface area contributed by atoms with Crippen molar-refractivity contribution in [3.05, 3.63) is 29.8 Å². The summed E-state index contributed by atoms with van der Waals surface area (Å²) < 4.78 is 5.23. The molecule has 0 heterocycles. The summed E-state index contributed by atoms with van der Waals surface area (Å²) >= 11 is 0. The van der Waals surface area contributed by atoms with Crippen molar-refractivity contribution in [3.8, 4) is 0 Å². The Morgan fingerprint density at radius 1 is 1.07 bits per heavy atom.